The molecule has 0 heterocycles. The summed E-state index contributed by atoms with van der Waals surface area (Å²) in [4.78, 5) is 11.7. The molecule has 3 N–H and O–H groups in total. The number of phenolic OH excluding ortho intramolecular Hbond substituents is 1. The van der Waals surface area contributed by atoms with Gasteiger partial charge in [-0.1, -0.05) is 12.1 Å². The average molecular weight is 260 g/mol. The van der Waals surface area contributed by atoms with Crippen molar-refractivity contribution in [3.8, 4) is 5.75 Å². The lowest BCUT2D eigenvalue weighted by molar-refractivity contribution is 0.262. The number of urea groups is 1. The maximum Gasteiger partial charge on any atom is 0.323 e. The van der Waals surface area contributed by atoms with Crippen molar-refractivity contribution in [2.75, 3.05) is 10.6 Å². The lowest BCUT2D eigenvalue weighted by Crippen LogP contribution is -2.19. The number of benzene rings is 2. The maximum atomic E-state index is 12.9. The van der Waals surface area contributed by atoms with E-state index in [9.17, 15) is 14.3 Å². The van der Waals surface area contributed by atoms with E-state index < -0.39 is 11.8 Å². The molecule has 0 aliphatic heterocycles. The van der Waals surface area contributed by atoms with E-state index in [2.05, 4.69) is 10.6 Å². The Morgan fingerprint density at radius 3 is 2.63 bits per heavy atom. The highest BCUT2D eigenvalue weighted by Crippen LogP contribution is 2.24. The summed E-state index contributed by atoms with van der Waals surface area (Å²) in [5.74, 6) is -0.453. The van der Waals surface area contributed by atoms with Crippen LogP contribution < -0.4 is 10.6 Å². The van der Waals surface area contributed by atoms with Gasteiger partial charge in [-0.15, -0.1) is 0 Å². The van der Waals surface area contributed by atoms with E-state index in [1.807, 2.05) is 6.92 Å². The molecule has 2 aromatic rings. The molecule has 2 amide bonds. The number of phenols is 1. The van der Waals surface area contributed by atoms with Crippen LogP contribution in [-0.2, 0) is 0 Å². The van der Waals surface area contributed by atoms with Crippen LogP contribution in [0.2, 0.25) is 0 Å². The number of nitrogens with one attached hydrogen (secondary N) is 2. The molecular formula is C14H13FN2O2. The van der Waals surface area contributed by atoms with E-state index in [0.29, 0.717) is 11.4 Å². The molecule has 19 heavy (non-hydrogen) atoms. The number of aryl methyl sites for hydroxylation is 1. The molecule has 0 atom stereocenters. The number of aromatic hydroxyl groups is 1. The zero-order chi connectivity index (χ0) is 13.8. The molecule has 0 radical (unpaired) electrons. The topological polar surface area (TPSA) is 61.4 Å². The smallest absolute Gasteiger partial charge is 0.323 e. The Labute approximate surface area is 109 Å². The molecule has 98 valence electrons. The second kappa shape index (κ2) is 5.39. The number of halogens is 1. The summed E-state index contributed by atoms with van der Waals surface area (Å²) >= 11 is 0. The first-order valence-electron chi connectivity index (χ1n) is 5.68. The van der Waals surface area contributed by atoms with Crippen LogP contribution in [0.5, 0.6) is 5.75 Å². The van der Waals surface area contributed by atoms with Crippen LogP contribution in [0.25, 0.3) is 0 Å². The van der Waals surface area contributed by atoms with E-state index in [1.54, 1.807) is 18.2 Å². The minimum Gasteiger partial charge on any atom is -0.506 e. The van der Waals surface area contributed by atoms with Crippen molar-refractivity contribution < 1.29 is 14.3 Å². The van der Waals surface area contributed by atoms with Gasteiger partial charge in [0.1, 0.15) is 11.6 Å². The van der Waals surface area contributed by atoms with Gasteiger partial charge in [0.05, 0.1) is 5.69 Å². The third kappa shape index (κ3) is 3.45. The van der Waals surface area contributed by atoms with Gasteiger partial charge in [0.15, 0.2) is 0 Å². The Hall–Kier alpha value is -2.56. The summed E-state index contributed by atoms with van der Waals surface area (Å²) in [7, 11) is 0. The van der Waals surface area contributed by atoms with Crippen molar-refractivity contribution in [2.45, 2.75) is 6.92 Å². The summed E-state index contributed by atoms with van der Waals surface area (Å²) < 4.78 is 12.9. The van der Waals surface area contributed by atoms with Gasteiger partial charge in [-0.2, -0.15) is 0 Å². The Balaban J connectivity index is 2.05. The van der Waals surface area contributed by atoms with Gasteiger partial charge in [-0.25, -0.2) is 9.18 Å². The molecule has 4 nitrogen and oxygen atoms in total. The van der Waals surface area contributed by atoms with E-state index in [0.717, 1.165) is 5.56 Å². The molecule has 0 spiro atoms. The molecule has 0 bridgehead atoms. The van der Waals surface area contributed by atoms with Crippen LogP contribution in [0, 0.1) is 12.7 Å². The van der Waals surface area contributed by atoms with Gasteiger partial charge < -0.3 is 15.7 Å². The highest BCUT2D eigenvalue weighted by Gasteiger charge is 2.06. The van der Waals surface area contributed by atoms with E-state index in [-0.39, 0.29) is 5.75 Å². The van der Waals surface area contributed by atoms with Crippen LogP contribution in [-0.4, -0.2) is 11.1 Å². The molecule has 0 aliphatic rings. The largest absolute Gasteiger partial charge is 0.506 e. The van der Waals surface area contributed by atoms with Gasteiger partial charge >= 0.3 is 6.03 Å². The molecule has 5 heteroatoms. The zero-order valence-corrected chi connectivity index (χ0v) is 10.3. The monoisotopic (exact) mass is 260 g/mol. The molecular weight excluding hydrogens is 247 g/mol. The van der Waals surface area contributed by atoms with Crippen molar-refractivity contribution in [1.29, 1.82) is 0 Å². The van der Waals surface area contributed by atoms with Crippen molar-refractivity contribution in [3.63, 3.8) is 0 Å². The number of hydrogen-bond donors (Lipinski definition) is 3. The quantitative estimate of drug-likeness (QED) is 0.724. The van der Waals surface area contributed by atoms with Crippen LogP contribution in [0.3, 0.4) is 0 Å². The SMILES string of the molecule is Cc1ccc(NC(=O)Nc2cccc(F)c2)c(O)c1. The molecule has 0 unspecified atom stereocenters. The van der Waals surface area contributed by atoms with Crippen LogP contribution >= 0.6 is 0 Å². The van der Waals surface area contributed by atoms with Crippen LogP contribution in [0.15, 0.2) is 42.5 Å². The summed E-state index contributed by atoms with van der Waals surface area (Å²) in [5, 5.41) is 14.6. The molecule has 2 rings (SSSR count). The van der Waals surface area contributed by atoms with Gasteiger partial charge in [0.2, 0.25) is 0 Å². The van der Waals surface area contributed by atoms with E-state index in [4.69, 9.17) is 0 Å². The first kappa shape index (κ1) is 12.9. The fraction of sp³-hybridized carbons (Fsp3) is 0.0714. The predicted octanol–water partition coefficient (Wildman–Crippen LogP) is 3.48. The molecule has 0 fully saturated rings. The van der Waals surface area contributed by atoms with Gasteiger partial charge in [0.25, 0.3) is 0 Å². The number of carbonyl (C=O) groups excluding carboxylic acids is 1. The van der Waals surface area contributed by atoms with Crippen molar-refractivity contribution in [1.82, 2.24) is 0 Å². The second-order valence-corrected chi connectivity index (χ2v) is 4.11. The summed E-state index contributed by atoms with van der Waals surface area (Å²) in [6.07, 6.45) is 0. The fourth-order valence-electron chi connectivity index (χ4n) is 1.60. The standard InChI is InChI=1S/C14H13FN2O2/c1-9-5-6-12(13(18)7-9)17-14(19)16-11-4-2-3-10(15)8-11/h2-8,18H,1H3,(H2,16,17,19). The number of amides is 2. The third-order valence-electron chi connectivity index (χ3n) is 2.48. The molecule has 0 saturated carbocycles. The van der Waals surface area contributed by atoms with Crippen molar-refractivity contribution in [3.05, 3.63) is 53.8 Å². The summed E-state index contributed by atoms with van der Waals surface area (Å²) in [6.45, 7) is 1.83. The first-order valence-corrected chi connectivity index (χ1v) is 5.68. The molecule has 2 aromatic carbocycles. The highest BCUT2D eigenvalue weighted by molar-refractivity contribution is 6.00. The van der Waals surface area contributed by atoms with Crippen molar-refractivity contribution >= 4 is 17.4 Å². The van der Waals surface area contributed by atoms with Gasteiger partial charge in [-0.3, -0.25) is 0 Å². The Morgan fingerprint density at radius 2 is 1.95 bits per heavy atom. The predicted molar refractivity (Wildman–Crippen MR) is 71.9 cm³/mol. The summed E-state index contributed by atoms with van der Waals surface area (Å²) in [6, 6.07) is 9.89. The van der Waals surface area contributed by atoms with E-state index >= 15 is 0 Å². The van der Waals surface area contributed by atoms with Gasteiger partial charge in [-0.05, 0) is 42.8 Å². The molecule has 0 aliphatic carbocycles. The average Bonchev–Trinajstić information content (AvgIpc) is 2.33. The first-order chi connectivity index (χ1) is 9.04. The van der Waals surface area contributed by atoms with Crippen LogP contribution in [0.1, 0.15) is 5.56 Å². The van der Waals surface area contributed by atoms with Crippen molar-refractivity contribution in [2.24, 2.45) is 0 Å². The minimum atomic E-state index is -0.551. The lowest BCUT2D eigenvalue weighted by Gasteiger charge is -2.09. The van der Waals surface area contributed by atoms with E-state index in [1.165, 1.54) is 24.3 Å². The third-order valence-corrected chi connectivity index (χ3v) is 2.48. The number of carbonyl (C=O) groups is 1. The summed E-state index contributed by atoms with van der Waals surface area (Å²) in [5.41, 5.74) is 1.51. The lowest BCUT2D eigenvalue weighted by atomic mass is 10.2. The van der Waals surface area contributed by atoms with Gasteiger partial charge in [0, 0.05) is 5.69 Å². The number of hydrogen-bond acceptors (Lipinski definition) is 2. The molecule has 0 saturated heterocycles. The Bertz CT molecular complexity index is 614. The second-order valence-electron chi connectivity index (χ2n) is 4.11. The highest BCUT2D eigenvalue weighted by atomic mass is 19.1. The Kier molecular flexibility index (Phi) is 3.66. The minimum absolute atomic E-state index is 0.0191. The maximum absolute atomic E-state index is 12.9. The fourth-order valence-corrected chi connectivity index (χ4v) is 1.60. The molecule has 0 aromatic heterocycles. The Morgan fingerprint density at radius 1 is 1.16 bits per heavy atom. The normalized spacial score (nSPS) is 10.0. The number of anilines is 2. The van der Waals surface area contributed by atoms with Crippen LogP contribution in [0.4, 0.5) is 20.6 Å². The zero-order valence-electron chi connectivity index (χ0n) is 10.3. The number of rotatable bonds is 2.